The first-order chi connectivity index (χ1) is 9.98. The molecule has 0 spiro atoms. The maximum atomic E-state index is 5.88. The van der Waals surface area contributed by atoms with Gasteiger partial charge >= 0.3 is 0 Å². The van der Waals surface area contributed by atoms with Gasteiger partial charge in [0.25, 0.3) is 0 Å². The lowest BCUT2D eigenvalue weighted by molar-refractivity contribution is 0.170. The van der Waals surface area contributed by atoms with Gasteiger partial charge in [-0.25, -0.2) is 0 Å². The van der Waals surface area contributed by atoms with Gasteiger partial charge in [0, 0.05) is 0 Å². The molecule has 0 aliphatic rings. The molecule has 0 heterocycles. The van der Waals surface area contributed by atoms with Crippen molar-refractivity contribution in [3.63, 3.8) is 0 Å². The second-order valence-electron chi connectivity index (χ2n) is 4.79. The van der Waals surface area contributed by atoms with Crippen LogP contribution in [-0.4, -0.2) is 0 Å². The second kappa shape index (κ2) is 7.57. The molecular weight excluding hydrogens is 319 g/mol. The van der Waals surface area contributed by atoms with E-state index >= 15 is 0 Å². The van der Waals surface area contributed by atoms with E-state index in [0.29, 0.717) is 0 Å². The minimum absolute atomic E-state index is 0.141. The van der Waals surface area contributed by atoms with E-state index in [1.54, 1.807) is 0 Å². The van der Waals surface area contributed by atoms with E-state index in [1.807, 2.05) is 74.5 Å². The molecule has 0 radical (unpaired) electrons. The first-order valence-electron chi connectivity index (χ1n) is 6.77. The van der Waals surface area contributed by atoms with E-state index in [1.165, 1.54) is 0 Å². The van der Waals surface area contributed by atoms with Gasteiger partial charge in [0.2, 0.25) is 5.69 Å². The van der Waals surface area contributed by atoms with E-state index in [4.69, 9.17) is 20.9 Å². The molecule has 0 saturated carbocycles. The number of benzene rings is 2. The van der Waals surface area contributed by atoms with E-state index in [0.717, 1.165) is 11.1 Å². The molecule has 2 nitrogen and oxygen atoms in total. The number of rotatable bonds is 6. The minimum atomic E-state index is -2.61. The highest BCUT2D eigenvalue weighted by atomic mass is 32.9. The normalized spacial score (nSPS) is 16.9. The zero-order valence-corrected chi connectivity index (χ0v) is 14.7. The third-order valence-electron chi connectivity index (χ3n) is 3.12. The summed E-state index contributed by atoms with van der Waals surface area (Å²) in [6.07, 6.45) is -0.282. The SMILES string of the molecule is CC(OP(=S)(S)OC(C)c1ccccc1)c1ccccc1. The number of hydrogen-bond acceptors (Lipinski definition) is 3. The molecule has 2 atom stereocenters. The fourth-order valence-corrected chi connectivity index (χ4v) is 4.71. The maximum absolute atomic E-state index is 5.88. The van der Waals surface area contributed by atoms with Crippen molar-refractivity contribution >= 4 is 29.7 Å². The molecule has 0 bridgehead atoms. The molecule has 2 aromatic rings. The average Bonchev–Trinajstić information content (AvgIpc) is 2.48. The lowest BCUT2D eigenvalue weighted by Crippen LogP contribution is -2.01. The molecule has 2 aromatic carbocycles. The maximum Gasteiger partial charge on any atom is 0.245 e. The standard InChI is InChI=1S/C16H19O2PS2/c1-13(15-9-5-3-6-10-15)17-19(20,21)18-14(2)16-11-7-4-8-12-16/h3-14H,1-2H3,(H,20,21). The molecule has 5 heteroatoms. The summed E-state index contributed by atoms with van der Waals surface area (Å²) < 4.78 is 11.8. The van der Waals surface area contributed by atoms with Gasteiger partial charge in [-0.1, -0.05) is 72.9 Å². The Morgan fingerprint density at radius 1 is 0.810 bits per heavy atom. The summed E-state index contributed by atoms with van der Waals surface area (Å²) in [4.78, 5) is 0. The van der Waals surface area contributed by atoms with E-state index in [2.05, 4.69) is 12.2 Å². The molecule has 0 aromatic heterocycles. The monoisotopic (exact) mass is 338 g/mol. The zero-order valence-electron chi connectivity index (χ0n) is 12.0. The lowest BCUT2D eigenvalue weighted by Gasteiger charge is -2.25. The van der Waals surface area contributed by atoms with Crippen LogP contribution in [0.3, 0.4) is 0 Å². The van der Waals surface area contributed by atoms with E-state index in [-0.39, 0.29) is 12.2 Å². The molecular formula is C16H19O2PS2. The molecule has 0 fully saturated rings. The van der Waals surface area contributed by atoms with E-state index in [9.17, 15) is 0 Å². The summed E-state index contributed by atoms with van der Waals surface area (Å²) in [5, 5.41) is 0. The van der Waals surface area contributed by atoms with Crippen molar-refractivity contribution in [2.75, 3.05) is 0 Å². The van der Waals surface area contributed by atoms with Crippen LogP contribution in [0.2, 0.25) is 0 Å². The Morgan fingerprint density at radius 3 is 1.48 bits per heavy atom. The summed E-state index contributed by atoms with van der Waals surface area (Å²) in [7, 11) is 0. The van der Waals surface area contributed by atoms with Crippen molar-refractivity contribution in [2.24, 2.45) is 0 Å². The predicted molar refractivity (Wildman–Crippen MR) is 95.2 cm³/mol. The van der Waals surface area contributed by atoms with Crippen LogP contribution in [-0.2, 0) is 20.9 Å². The largest absolute Gasteiger partial charge is 0.314 e. The molecule has 2 rings (SSSR count). The average molecular weight is 338 g/mol. The molecule has 2 unspecified atom stereocenters. The van der Waals surface area contributed by atoms with Crippen LogP contribution in [0.4, 0.5) is 0 Å². The van der Waals surface area contributed by atoms with E-state index < -0.39 is 5.69 Å². The highest BCUT2D eigenvalue weighted by Gasteiger charge is 2.22. The Kier molecular flexibility index (Phi) is 6.03. The van der Waals surface area contributed by atoms with Crippen molar-refractivity contribution in [3.05, 3.63) is 71.8 Å². The minimum Gasteiger partial charge on any atom is -0.314 e. The topological polar surface area (TPSA) is 18.5 Å². The highest BCUT2D eigenvalue weighted by Crippen LogP contribution is 2.59. The van der Waals surface area contributed by atoms with Gasteiger partial charge in [0.1, 0.15) is 0 Å². The summed E-state index contributed by atoms with van der Waals surface area (Å²) in [5.41, 5.74) is -0.475. The Morgan fingerprint density at radius 2 is 1.14 bits per heavy atom. The van der Waals surface area contributed by atoms with Crippen LogP contribution >= 0.6 is 17.9 Å². The fraction of sp³-hybridized carbons (Fsp3) is 0.250. The smallest absolute Gasteiger partial charge is 0.245 e. The van der Waals surface area contributed by atoms with Crippen LogP contribution in [0.5, 0.6) is 0 Å². The van der Waals surface area contributed by atoms with Crippen LogP contribution in [0.15, 0.2) is 60.7 Å². The van der Waals surface area contributed by atoms with Crippen molar-refractivity contribution < 1.29 is 9.05 Å². The summed E-state index contributed by atoms with van der Waals surface area (Å²) in [5.74, 6) is 0. The van der Waals surface area contributed by atoms with Gasteiger partial charge in [-0.3, -0.25) is 0 Å². The van der Waals surface area contributed by atoms with Gasteiger partial charge in [0.15, 0.2) is 0 Å². The van der Waals surface area contributed by atoms with Crippen LogP contribution in [0.25, 0.3) is 0 Å². The Balaban J connectivity index is 2.00. The van der Waals surface area contributed by atoms with Crippen LogP contribution in [0, 0.1) is 0 Å². The first-order valence-corrected chi connectivity index (χ1v) is 10.6. The van der Waals surface area contributed by atoms with Crippen LogP contribution in [0.1, 0.15) is 37.2 Å². The molecule has 112 valence electrons. The number of thiol groups is 1. The zero-order chi connectivity index (χ0) is 15.3. The molecule has 0 aliphatic heterocycles. The van der Waals surface area contributed by atoms with Crippen molar-refractivity contribution in [2.45, 2.75) is 26.1 Å². The molecule has 0 N–H and O–H groups in total. The Hall–Kier alpha value is -0.640. The lowest BCUT2D eigenvalue weighted by atomic mass is 10.1. The Labute approximate surface area is 136 Å². The molecule has 0 amide bonds. The summed E-state index contributed by atoms with van der Waals surface area (Å²) in [6, 6.07) is 19.9. The third kappa shape index (κ3) is 5.24. The van der Waals surface area contributed by atoms with Gasteiger partial charge in [0.05, 0.1) is 12.2 Å². The highest BCUT2D eigenvalue weighted by molar-refractivity contribution is 8.60. The van der Waals surface area contributed by atoms with Gasteiger partial charge in [-0.2, -0.15) is 0 Å². The predicted octanol–water partition coefficient (Wildman–Crippen LogP) is 5.70. The summed E-state index contributed by atoms with van der Waals surface area (Å²) in [6.45, 7) is 3.92. The van der Waals surface area contributed by atoms with Crippen LogP contribution < -0.4 is 0 Å². The van der Waals surface area contributed by atoms with Crippen molar-refractivity contribution in [1.82, 2.24) is 0 Å². The number of hydrogen-bond donors (Lipinski definition) is 1. The first kappa shape index (κ1) is 16.7. The molecule has 0 aliphatic carbocycles. The van der Waals surface area contributed by atoms with Crippen molar-refractivity contribution in [1.29, 1.82) is 0 Å². The Bertz CT molecular complexity index is 553. The fourth-order valence-electron chi connectivity index (χ4n) is 1.99. The second-order valence-corrected chi connectivity index (χ2v) is 9.98. The van der Waals surface area contributed by atoms with Gasteiger partial charge in [-0.05, 0) is 36.8 Å². The summed E-state index contributed by atoms with van der Waals surface area (Å²) >= 11 is 9.87. The van der Waals surface area contributed by atoms with Gasteiger partial charge < -0.3 is 9.05 Å². The third-order valence-corrected chi connectivity index (χ3v) is 5.37. The molecule has 21 heavy (non-hydrogen) atoms. The van der Waals surface area contributed by atoms with Crippen molar-refractivity contribution in [3.8, 4) is 0 Å². The molecule has 0 saturated heterocycles. The van der Waals surface area contributed by atoms with Gasteiger partial charge in [-0.15, -0.1) is 0 Å². The quantitative estimate of drug-likeness (QED) is 0.539.